The number of hydrogen-bond donors (Lipinski definition) is 0. The van der Waals surface area contributed by atoms with E-state index in [1.54, 1.807) is 10.4 Å². The second-order valence-electron chi connectivity index (χ2n) is 8.10. The fourth-order valence-corrected chi connectivity index (χ4v) is 5.33. The lowest BCUT2D eigenvalue weighted by molar-refractivity contribution is 0.257. The molecule has 6 nitrogen and oxygen atoms in total. The van der Waals surface area contributed by atoms with Crippen LogP contribution in [0.5, 0.6) is 0 Å². The minimum absolute atomic E-state index is 0.0664. The number of sulfonamides is 1. The molecule has 0 saturated carbocycles. The Kier molecular flexibility index (Phi) is 5.04. The van der Waals surface area contributed by atoms with Gasteiger partial charge in [-0.2, -0.15) is 4.31 Å². The Morgan fingerprint density at radius 1 is 1.21 bits per heavy atom. The number of nitrogens with zero attached hydrogens (tertiary/aromatic N) is 3. The molecule has 3 heterocycles. The molecule has 1 unspecified atom stereocenters. The third-order valence-electron chi connectivity index (χ3n) is 4.98. The van der Waals surface area contributed by atoms with Crippen molar-refractivity contribution in [1.29, 1.82) is 0 Å². The molecule has 1 aromatic heterocycles. The summed E-state index contributed by atoms with van der Waals surface area (Å²) in [5, 5.41) is 3.98. The fraction of sp³-hybridized carbons (Fsp3) is 0.824. The molecule has 2 saturated heterocycles. The minimum atomic E-state index is -3.35. The predicted octanol–water partition coefficient (Wildman–Crippen LogP) is 2.36. The Balaban J connectivity index is 1.68. The number of hydrogen-bond acceptors (Lipinski definition) is 5. The van der Waals surface area contributed by atoms with E-state index in [2.05, 4.69) is 10.1 Å². The summed E-state index contributed by atoms with van der Waals surface area (Å²) in [5.41, 5.74) is 0.341. The summed E-state index contributed by atoms with van der Waals surface area (Å²) < 4.78 is 32.8. The van der Waals surface area contributed by atoms with Gasteiger partial charge in [0.2, 0.25) is 10.0 Å². The lowest BCUT2D eigenvalue weighted by Crippen LogP contribution is -2.43. The zero-order valence-electron chi connectivity index (χ0n) is 15.0. The molecule has 136 valence electrons. The lowest BCUT2D eigenvalue weighted by Gasteiger charge is -2.27. The predicted molar refractivity (Wildman–Crippen MR) is 93.2 cm³/mol. The monoisotopic (exact) mass is 355 g/mol. The van der Waals surface area contributed by atoms with E-state index in [1.807, 2.05) is 20.8 Å². The molecule has 0 spiro atoms. The van der Waals surface area contributed by atoms with Gasteiger partial charge in [-0.3, -0.25) is 0 Å². The average molecular weight is 356 g/mol. The molecule has 0 N–H and O–H groups in total. The van der Waals surface area contributed by atoms with Gasteiger partial charge in [0.1, 0.15) is 17.2 Å². The zero-order valence-corrected chi connectivity index (χ0v) is 15.8. The lowest BCUT2D eigenvalue weighted by atomic mass is 9.93. The summed E-state index contributed by atoms with van der Waals surface area (Å²) in [6.07, 6.45) is 4.37. The van der Waals surface area contributed by atoms with E-state index in [0.717, 1.165) is 38.2 Å². The van der Waals surface area contributed by atoms with Crippen LogP contribution >= 0.6 is 0 Å². The molecule has 2 fully saturated rings. The largest absolute Gasteiger partial charge is 0.361 e. The molecule has 0 amide bonds. The second-order valence-corrected chi connectivity index (χ2v) is 10.0. The van der Waals surface area contributed by atoms with Gasteiger partial charge >= 0.3 is 0 Å². The molecule has 24 heavy (non-hydrogen) atoms. The summed E-state index contributed by atoms with van der Waals surface area (Å²) >= 11 is 0. The zero-order chi connectivity index (χ0) is 17.4. The molecular weight excluding hydrogens is 326 g/mol. The molecule has 3 rings (SSSR count). The van der Waals surface area contributed by atoms with Gasteiger partial charge < -0.3 is 9.42 Å². The van der Waals surface area contributed by atoms with Crippen LogP contribution in [0.25, 0.3) is 0 Å². The van der Waals surface area contributed by atoms with Gasteiger partial charge in [-0.25, -0.2) is 8.42 Å². The maximum Gasteiger partial charge on any atom is 0.220 e. The Morgan fingerprint density at radius 3 is 2.54 bits per heavy atom. The van der Waals surface area contributed by atoms with E-state index >= 15 is 0 Å². The maximum atomic E-state index is 12.9. The average Bonchev–Trinajstić information content (AvgIpc) is 3.18. The number of likely N-dealkylation sites (tertiary alicyclic amines) is 1. The summed E-state index contributed by atoms with van der Waals surface area (Å²) in [5.74, 6) is 0.658. The number of aromatic nitrogens is 1. The Bertz CT molecular complexity index is 657. The molecule has 0 aliphatic carbocycles. The molecule has 2 aliphatic heterocycles. The van der Waals surface area contributed by atoms with Crippen molar-refractivity contribution in [2.45, 2.75) is 63.7 Å². The van der Waals surface area contributed by atoms with Crippen molar-refractivity contribution in [3.63, 3.8) is 0 Å². The number of rotatable bonds is 5. The summed E-state index contributed by atoms with van der Waals surface area (Å²) in [6, 6.07) is 1.89. The van der Waals surface area contributed by atoms with Crippen molar-refractivity contribution in [2.24, 2.45) is 0 Å². The van der Waals surface area contributed by atoms with Crippen LogP contribution in [0.1, 0.15) is 57.9 Å². The topological polar surface area (TPSA) is 66.7 Å². The van der Waals surface area contributed by atoms with Crippen LogP contribution in [0, 0.1) is 0 Å². The van der Waals surface area contributed by atoms with Crippen LogP contribution in [-0.2, 0) is 21.2 Å². The first-order chi connectivity index (χ1) is 11.3. The molecule has 1 atom stereocenters. The summed E-state index contributed by atoms with van der Waals surface area (Å²) in [4.78, 5) is 2.40. The van der Waals surface area contributed by atoms with Gasteiger partial charge in [0, 0.05) is 30.6 Å². The van der Waals surface area contributed by atoms with Gasteiger partial charge in [-0.05, 0) is 38.8 Å². The van der Waals surface area contributed by atoms with Crippen molar-refractivity contribution >= 4 is 10.0 Å². The van der Waals surface area contributed by atoms with Crippen molar-refractivity contribution in [2.75, 3.05) is 26.2 Å². The van der Waals surface area contributed by atoms with Crippen LogP contribution in [0.4, 0.5) is 0 Å². The first-order valence-corrected chi connectivity index (χ1v) is 10.5. The Morgan fingerprint density at radius 2 is 1.92 bits per heavy atom. The fourth-order valence-electron chi connectivity index (χ4n) is 3.62. The van der Waals surface area contributed by atoms with Gasteiger partial charge in [0.25, 0.3) is 0 Å². The normalized spacial score (nSPS) is 24.0. The van der Waals surface area contributed by atoms with Crippen LogP contribution in [0.15, 0.2) is 10.6 Å². The van der Waals surface area contributed by atoms with Crippen LogP contribution in [-0.4, -0.2) is 55.0 Å². The van der Waals surface area contributed by atoms with E-state index in [4.69, 9.17) is 4.52 Å². The van der Waals surface area contributed by atoms with E-state index in [9.17, 15) is 8.42 Å². The van der Waals surface area contributed by atoms with Crippen molar-refractivity contribution in [3.05, 3.63) is 17.5 Å². The van der Waals surface area contributed by atoms with Crippen molar-refractivity contribution in [3.8, 4) is 0 Å². The van der Waals surface area contributed by atoms with Crippen LogP contribution in [0.3, 0.4) is 0 Å². The first kappa shape index (κ1) is 17.9. The van der Waals surface area contributed by atoms with E-state index < -0.39 is 10.0 Å². The van der Waals surface area contributed by atoms with E-state index in [-0.39, 0.29) is 17.2 Å². The Labute approximate surface area is 145 Å². The highest BCUT2D eigenvalue weighted by molar-refractivity contribution is 7.88. The molecular formula is C17H29N3O3S. The van der Waals surface area contributed by atoms with Gasteiger partial charge in [-0.15, -0.1) is 0 Å². The highest BCUT2D eigenvalue weighted by atomic mass is 32.2. The highest BCUT2D eigenvalue weighted by Crippen LogP contribution is 2.27. The molecule has 2 aliphatic rings. The van der Waals surface area contributed by atoms with Crippen molar-refractivity contribution in [1.82, 2.24) is 14.4 Å². The molecule has 1 aromatic rings. The summed E-state index contributed by atoms with van der Waals surface area (Å²) in [7, 11) is -3.35. The molecule has 0 radical (unpaired) electrons. The van der Waals surface area contributed by atoms with Gasteiger partial charge in [0.15, 0.2) is 0 Å². The summed E-state index contributed by atoms with van der Waals surface area (Å²) in [6.45, 7) is 9.77. The van der Waals surface area contributed by atoms with Crippen LogP contribution in [0.2, 0.25) is 0 Å². The standard InChI is InChI=1S/C17H29N3O3S/c1-17(2,3)16-11-14(18-23-16)13-24(21,22)20-10-6-7-15(20)12-19-8-4-5-9-19/h11,15H,4-10,12-13H2,1-3H3. The SMILES string of the molecule is CC(C)(C)c1cc(CS(=O)(=O)N2CCCC2CN2CCCC2)no1. The smallest absolute Gasteiger partial charge is 0.220 e. The van der Waals surface area contributed by atoms with E-state index in [1.165, 1.54) is 12.8 Å². The quantitative estimate of drug-likeness (QED) is 0.811. The van der Waals surface area contributed by atoms with Gasteiger partial charge in [-0.1, -0.05) is 25.9 Å². The third kappa shape index (κ3) is 4.00. The van der Waals surface area contributed by atoms with Crippen molar-refractivity contribution < 1.29 is 12.9 Å². The maximum absolute atomic E-state index is 12.9. The Hall–Kier alpha value is -0.920. The molecule has 0 bridgehead atoms. The minimum Gasteiger partial charge on any atom is -0.361 e. The highest BCUT2D eigenvalue weighted by Gasteiger charge is 2.36. The third-order valence-corrected chi connectivity index (χ3v) is 6.83. The van der Waals surface area contributed by atoms with E-state index in [0.29, 0.717) is 12.2 Å². The van der Waals surface area contributed by atoms with Gasteiger partial charge in [0.05, 0.1) is 0 Å². The molecule has 0 aromatic carbocycles. The first-order valence-electron chi connectivity index (χ1n) is 8.94. The second kappa shape index (κ2) is 6.77. The molecule has 7 heteroatoms. The van der Waals surface area contributed by atoms with Crippen LogP contribution < -0.4 is 0 Å².